The minimum absolute atomic E-state index is 0.0452. The summed E-state index contributed by atoms with van der Waals surface area (Å²) in [5.41, 5.74) is 2.03. The molecular formula is C25H21F3N5O3S-. The van der Waals surface area contributed by atoms with Gasteiger partial charge >= 0.3 is 12.0 Å². The van der Waals surface area contributed by atoms with Crippen molar-refractivity contribution in [3.8, 4) is 11.4 Å². The standard InChI is InChI=1S/C25H21F3N5O3S/c1-14-20(13-16-3-7-19(8-4-16)25(26,27)28)21(15(2)37-14)23(34)29-24(11-12-24)18-9-5-17(6-10-18)22-30-31-33(36)32(22)35/h3-10H,11-13H2,1-2H3,(H,29,34)/q-1. The number of aromatic nitrogens is 4. The molecule has 12 heteroatoms. The molecule has 0 spiro atoms. The maximum atomic E-state index is 13.5. The highest BCUT2D eigenvalue weighted by atomic mass is 32.1. The van der Waals surface area contributed by atoms with Crippen LogP contribution in [0, 0.1) is 24.3 Å². The molecule has 2 aromatic heterocycles. The predicted molar refractivity (Wildman–Crippen MR) is 130 cm³/mol. The van der Waals surface area contributed by atoms with Crippen molar-refractivity contribution in [3.05, 3.63) is 96.5 Å². The average Bonchev–Trinajstić information content (AvgIpc) is 3.47. The summed E-state index contributed by atoms with van der Waals surface area (Å²) in [5, 5.41) is 32.9. The number of rotatable bonds is 6. The first-order chi connectivity index (χ1) is 17.5. The van der Waals surface area contributed by atoms with Gasteiger partial charge in [-0.15, -0.1) is 11.3 Å². The maximum Gasteiger partial charge on any atom is 0.416 e. The Labute approximate surface area is 213 Å². The topological polar surface area (TPSA) is 110 Å². The molecule has 192 valence electrons. The van der Waals surface area contributed by atoms with E-state index < -0.39 is 17.3 Å². The van der Waals surface area contributed by atoms with Crippen molar-refractivity contribution in [1.29, 1.82) is 0 Å². The molecule has 1 aliphatic rings. The number of nitrogens with zero attached hydrogens (tertiary/aromatic N) is 4. The lowest BCUT2D eigenvalue weighted by atomic mass is 9.97. The van der Waals surface area contributed by atoms with Crippen LogP contribution in [0.3, 0.4) is 0 Å². The first kappa shape index (κ1) is 24.8. The molecule has 4 aromatic rings. The molecule has 1 aliphatic carbocycles. The third-order valence-corrected chi connectivity index (χ3v) is 7.69. The van der Waals surface area contributed by atoms with Crippen LogP contribution in [0.25, 0.3) is 11.4 Å². The Balaban J connectivity index is 1.36. The molecule has 0 atom stereocenters. The van der Waals surface area contributed by atoms with E-state index in [0.29, 0.717) is 23.1 Å². The molecule has 1 amide bonds. The summed E-state index contributed by atoms with van der Waals surface area (Å²) in [4.78, 5) is 15.2. The van der Waals surface area contributed by atoms with Gasteiger partial charge in [0.25, 0.3) is 5.91 Å². The zero-order valence-corrected chi connectivity index (χ0v) is 20.6. The summed E-state index contributed by atoms with van der Waals surface area (Å²) < 4.78 is 38.8. The number of carbonyl (C=O) groups is 1. The van der Waals surface area contributed by atoms with Crippen molar-refractivity contribution in [2.24, 2.45) is 0 Å². The van der Waals surface area contributed by atoms with Crippen LogP contribution in [0.15, 0.2) is 48.5 Å². The second kappa shape index (κ2) is 8.87. The first-order valence-corrected chi connectivity index (χ1v) is 12.2. The molecule has 1 N–H and O–H groups in total. The van der Waals surface area contributed by atoms with Crippen molar-refractivity contribution in [1.82, 2.24) is 20.6 Å². The minimum atomic E-state index is -4.40. The highest BCUT2D eigenvalue weighted by Crippen LogP contribution is 2.46. The van der Waals surface area contributed by atoms with E-state index in [9.17, 15) is 28.4 Å². The number of amides is 1. The normalized spacial score (nSPS) is 14.5. The predicted octanol–water partition coefficient (Wildman–Crippen LogP) is 4.63. The first-order valence-electron chi connectivity index (χ1n) is 11.4. The zero-order valence-electron chi connectivity index (χ0n) is 19.8. The number of halogens is 3. The van der Waals surface area contributed by atoms with Gasteiger partial charge in [0.15, 0.2) is 5.21 Å². The molecule has 5 rings (SSSR count). The number of benzene rings is 2. The van der Waals surface area contributed by atoms with Gasteiger partial charge in [0.05, 0.1) is 22.2 Å². The van der Waals surface area contributed by atoms with Gasteiger partial charge in [-0.1, -0.05) is 29.2 Å². The van der Waals surface area contributed by atoms with Crippen molar-refractivity contribution in [2.45, 2.75) is 44.8 Å². The fraction of sp³-hybridized carbons (Fsp3) is 0.280. The smallest absolute Gasteiger partial charge is 0.416 e. The number of thiophene rings is 1. The number of nitrogens with one attached hydrogen (secondary N) is 1. The molecule has 0 bridgehead atoms. The number of aryl methyl sites for hydroxylation is 2. The number of carbonyl (C=O) groups excluding carboxylic acids is 1. The summed E-state index contributed by atoms with van der Waals surface area (Å²) >= 11 is 1.48. The Bertz CT molecular complexity index is 1470. The van der Waals surface area contributed by atoms with Gasteiger partial charge in [0, 0.05) is 9.75 Å². The van der Waals surface area contributed by atoms with Crippen molar-refractivity contribution >= 4 is 17.2 Å². The van der Waals surface area contributed by atoms with E-state index in [4.69, 9.17) is 0 Å². The van der Waals surface area contributed by atoms with E-state index in [1.165, 1.54) is 23.5 Å². The van der Waals surface area contributed by atoms with Crippen LogP contribution >= 0.6 is 11.3 Å². The largest absolute Gasteiger partial charge is 0.750 e. The number of hydrogen-bond donors (Lipinski definition) is 1. The van der Waals surface area contributed by atoms with Gasteiger partial charge in [-0.05, 0) is 74.1 Å². The van der Waals surface area contributed by atoms with Crippen LogP contribution in [-0.2, 0) is 18.1 Å². The van der Waals surface area contributed by atoms with Crippen LogP contribution < -0.4 is 10.2 Å². The summed E-state index contributed by atoms with van der Waals surface area (Å²) in [6, 6.07) is 11.8. The van der Waals surface area contributed by atoms with E-state index >= 15 is 0 Å². The van der Waals surface area contributed by atoms with Crippen LogP contribution in [0.2, 0.25) is 0 Å². The quantitative estimate of drug-likeness (QED) is 0.290. The Kier molecular flexibility index (Phi) is 5.94. The molecule has 0 saturated heterocycles. The molecule has 2 heterocycles. The summed E-state index contributed by atoms with van der Waals surface area (Å²) in [6.45, 7) is 3.76. The van der Waals surface area contributed by atoms with Crippen LogP contribution in [0.1, 0.15) is 55.2 Å². The molecule has 37 heavy (non-hydrogen) atoms. The third kappa shape index (κ3) is 4.64. The lowest BCUT2D eigenvalue weighted by molar-refractivity contribution is -0.679. The second-order valence-electron chi connectivity index (χ2n) is 9.09. The second-order valence-corrected chi connectivity index (χ2v) is 10.5. The number of tetrazole rings is 1. The monoisotopic (exact) mass is 528 g/mol. The lowest BCUT2D eigenvalue weighted by Gasteiger charge is -2.19. The Morgan fingerprint density at radius 3 is 2.30 bits per heavy atom. The van der Waals surface area contributed by atoms with Gasteiger partial charge in [0.1, 0.15) is 5.10 Å². The number of alkyl halides is 3. The van der Waals surface area contributed by atoms with E-state index in [2.05, 4.69) is 15.6 Å². The van der Waals surface area contributed by atoms with Crippen molar-refractivity contribution in [3.63, 3.8) is 0 Å². The zero-order chi connectivity index (χ0) is 26.5. The molecule has 0 radical (unpaired) electrons. The highest BCUT2D eigenvalue weighted by molar-refractivity contribution is 7.12. The van der Waals surface area contributed by atoms with Crippen LogP contribution in [0.5, 0.6) is 0 Å². The third-order valence-electron chi connectivity index (χ3n) is 6.63. The van der Waals surface area contributed by atoms with Crippen LogP contribution in [-0.4, -0.2) is 21.2 Å². The van der Waals surface area contributed by atoms with Gasteiger partial charge in [-0.2, -0.15) is 18.0 Å². The van der Waals surface area contributed by atoms with E-state index in [0.717, 1.165) is 45.9 Å². The average molecular weight is 529 g/mol. The molecule has 1 saturated carbocycles. The molecule has 8 nitrogen and oxygen atoms in total. The number of hydrogen-bond acceptors (Lipinski definition) is 6. The summed E-state index contributed by atoms with van der Waals surface area (Å²) in [5.74, 6) is -0.357. The van der Waals surface area contributed by atoms with E-state index in [1.807, 2.05) is 13.8 Å². The Morgan fingerprint density at radius 2 is 1.76 bits per heavy atom. The summed E-state index contributed by atoms with van der Waals surface area (Å²) in [7, 11) is 0. The minimum Gasteiger partial charge on any atom is -0.750 e. The van der Waals surface area contributed by atoms with Crippen LogP contribution in [0.4, 0.5) is 13.2 Å². The summed E-state index contributed by atoms with van der Waals surface area (Å²) in [6.07, 6.45) is -2.60. The van der Waals surface area contributed by atoms with Gasteiger partial charge in [-0.25, -0.2) is 0 Å². The fourth-order valence-electron chi connectivity index (χ4n) is 4.49. The lowest BCUT2D eigenvalue weighted by Crippen LogP contribution is -2.37. The molecule has 0 unspecified atom stereocenters. The Morgan fingerprint density at radius 1 is 1.11 bits per heavy atom. The highest BCUT2D eigenvalue weighted by Gasteiger charge is 2.46. The van der Waals surface area contributed by atoms with Crippen molar-refractivity contribution in [2.75, 3.05) is 0 Å². The molecule has 1 fully saturated rings. The molecule has 2 aromatic carbocycles. The van der Waals surface area contributed by atoms with E-state index in [1.54, 1.807) is 24.3 Å². The molecular weight excluding hydrogens is 507 g/mol. The SMILES string of the molecule is Cc1sc(C)c(C(=O)NC2(c3ccc(-c4nnn([O-])[n+]4[O-])cc3)CC2)c1Cc1ccc(C(F)(F)F)cc1. The molecule has 0 aliphatic heterocycles. The fourth-order valence-corrected chi connectivity index (χ4v) is 5.56. The van der Waals surface area contributed by atoms with Gasteiger partial charge in [0.2, 0.25) is 0 Å². The van der Waals surface area contributed by atoms with E-state index in [-0.39, 0.29) is 21.5 Å². The van der Waals surface area contributed by atoms with Crippen molar-refractivity contribution < 1.29 is 22.8 Å². The van der Waals surface area contributed by atoms with Gasteiger partial charge < -0.3 is 15.7 Å². The maximum absolute atomic E-state index is 13.5. The van der Waals surface area contributed by atoms with Gasteiger partial charge in [-0.3, -0.25) is 4.79 Å². The Hall–Kier alpha value is -3.93.